The molecule has 0 radical (unpaired) electrons. The van der Waals surface area contributed by atoms with Crippen molar-refractivity contribution in [3.05, 3.63) is 36.4 Å². The molecular formula is C14H17N3O2. The van der Waals surface area contributed by atoms with Gasteiger partial charge in [0, 0.05) is 25.8 Å². The van der Waals surface area contributed by atoms with Gasteiger partial charge in [-0.2, -0.15) is 4.98 Å². The number of methoxy groups -OCH3 is 1. The van der Waals surface area contributed by atoms with Gasteiger partial charge in [0.05, 0.1) is 6.61 Å². The van der Waals surface area contributed by atoms with Crippen molar-refractivity contribution in [3.63, 3.8) is 0 Å². The molecule has 0 saturated carbocycles. The number of nitrogens with one attached hydrogen (secondary N) is 1. The molecule has 0 spiro atoms. The standard InChI is InChI=1S/C14H17N3O2/c1-15-12-10-13(19-9-8-18-2)17-14(16-12)11-6-4-3-5-7-11/h3-7,10H,8-9H2,1-2H3,(H,15,16,17). The van der Waals surface area contributed by atoms with Crippen LogP contribution in [0.1, 0.15) is 0 Å². The van der Waals surface area contributed by atoms with Crippen molar-refractivity contribution in [2.45, 2.75) is 0 Å². The maximum absolute atomic E-state index is 5.53. The van der Waals surface area contributed by atoms with Gasteiger partial charge in [0.25, 0.3) is 0 Å². The molecule has 0 aliphatic carbocycles. The van der Waals surface area contributed by atoms with Gasteiger partial charge in [-0.25, -0.2) is 4.98 Å². The number of ether oxygens (including phenoxy) is 2. The Kier molecular flexibility index (Phi) is 4.69. The zero-order chi connectivity index (χ0) is 13.5. The molecule has 2 rings (SSSR count). The lowest BCUT2D eigenvalue weighted by atomic mass is 10.2. The smallest absolute Gasteiger partial charge is 0.219 e. The van der Waals surface area contributed by atoms with Gasteiger partial charge in [0.15, 0.2) is 5.82 Å². The fourth-order valence-electron chi connectivity index (χ4n) is 1.57. The van der Waals surface area contributed by atoms with E-state index in [4.69, 9.17) is 9.47 Å². The molecular weight excluding hydrogens is 242 g/mol. The first kappa shape index (κ1) is 13.3. The average molecular weight is 259 g/mol. The summed E-state index contributed by atoms with van der Waals surface area (Å²) in [6.07, 6.45) is 0. The highest BCUT2D eigenvalue weighted by atomic mass is 16.5. The number of rotatable bonds is 6. The van der Waals surface area contributed by atoms with Gasteiger partial charge in [-0.1, -0.05) is 30.3 Å². The zero-order valence-corrected chi connectivity index (χ0v) is 11.1. The lowest BCUT2D eigenvalue weighted by Gasteiger charge is -2.09. The second-order valence-electron chi connectivity index (χ2n) is 3.87. The molecule has 0 aliphatic rings. The SMILES string of the molecule is CNc1cc(OCCOC)nc(-c2ccccc2)n1. The quantitative estimate of drug-likeness (QED) is 0.806. The molecule has 0 aliphatic heterocycles. The molecule has 0 amide bonds. The Bertz CT molecular complexity index is 517. The molecule has 5 nitrogen and oxygen atoms in total. The van der Waals surface area contributed by atoms with Crippen LogP contribution in [0.25, 0.3) is 11.4 Å². The first-order valence-electron chi connectivity index (χ1n) is 6.07. The second-order valence-corrected chi connectivity index (χ2v) is 3.87. The lowest BCUT2D eigenvalue weighted by Crippen LogP contribution is -2.07. The van der Waals surface area contributed by atoms with Crippen molar-refractivity contribution in [2.24, 2.45) is 0 Å². The van der Waals surface area contributed by atoms with Crippen molar-refractivity contribution < 1.29 is 9.47 Å². The van der Waals surface area contributed by atoms with Crippen LogP contribution in [0.15, 0.2) is 36.4 Å². The van der Waals surface area contributed by atoms with Gasteiger partial charge in [0.1, 0.15) is 12.4 Å². The van der Waals surface area contributed by atoms with E-state index in [1.807, 2.05) is 37.4 Å². The molecule has 5 heteroatoms. The van der Waals surface area contributed by atoms with E-state index in [9.17, 15) is 0 Å². The molecule has 0 bridgehead atoms. The number of hydrogen-bond acceptors (Lipinski definition) is 5. The molecule has 1 N–H and O–H groups in total. The second kappa shape index (κ2) is 6.70. The molecule has 0 unspecified atom stereocenters. The van der Waals surface area contributed by atoms with Crippen LogP contribution in [-0.4, -0.2) is 37.3 Å². The monoisotopic (exact) mass is 259 g/mol. The summed E-state index contributed by atoms with van der Waals surface area (Å²) in [5, 5.41) is 3.01. The van der Waals surface area contributed by atoms with Crippen molar-refractivity contribution in [1.82, 2.24) is 9.97 Å². The number of aromatic nitrogens is 2. The predicted molar refractivity (Wildman–Crippen MR) is 74.4 cm³/mol. The molecule has 0 atom stereocenters. The fraction of sp³-hybridized carbons (Fsp3) is 0.286. The third kappa shape index (κ3) is 3.66. The summed E-state index contributed by atoms with van der Waals surface area (Å²) in [7, 11) is 3.45. The summed E-state index contributed by atoms with van der Waals surface area (Å²) in [6, 6.07) is 11.6. The number of anilines is 1. The fourth-order valence-corrected chi connectivity index (χ4v) is 1.57. The van der Waals surface area contributed by atoms with Crippen LogP contribution in [-0.2, 0) is 4.74 Å². The highest BCUT2D eigenvalue weighted by molar-refractivity contribution is 5.58. The van der Waals surface area contributed by atoms with Crippen LogP contribution in [0.3, 0.4) is 0 Å². The highest BCUT2D eigenvalue weighted by Gasteiger charge is 2.06. The molecule has 2 aromatic rings. The van der Waals surface area contributed by atoms with E-state index in [0.717, 1.165) is 11.4 Å². The van der Waals surface area contributed by atoms with E-state index in [1.165, 1.54) is 0 Å². The van der Waals surface area contributed by atoms with Crippen LogP contribution < -0.4 is 10.1 Å². The Morgan fingerprint density at radius 1 is 1.11 bits per heavy atom. The zero-order valence-electron chi connectivity index (χ0n) is 11.1. The third-order valence-corrected chi connectivity index (χ3v) is 2.53. The Morgan fingerprint density at radius 2 is 1.89 bits per heavy atom. The minimum atomic E-state index is 0.463. The molecule has 100 valence electrons. The first-order valence-corrected chi connectivity index (χ1v) is 6.07. The van der Waals surface area contributed by atoms with E-state index in [2.05, 4.69) is 15.3 Å². The largest absolute Gasteiger partial charge is 0.475 e. The number of benzene rings is 1. The van der Waals surface area contributed by atoms with Crippen molar-refractivity contribution in [1.29, 1.82) is 0 Å². The average Bonchev–Trinajstić information content (AvgIpc) is 2.48. The summed E-state index contributed by atoms with van der Waals surface area (Å²) >= 11 is 0. The topological polar surface area (TPSA) is 56.3 Å². The van der Waals surface area contributed by atoms with Gasteiger partial charge >= 0.3 is 0 Å². The Morgan fingerprint density at radius 3 is 2.58 bits per heavy atom. The van der Waals surface area contributed by atoms with Crippen LogP contribution in [0.5, 0.6) is 5.88 Å². The van der Waals surface area contributed by atoms with Gasteiger partial charge in [-0.3, -0.25) is 0 Å². The highest BCUT2D eigenvalue weighted by Crippen LogP contribution is 2.20. The molecule has 1 heterocycles. The number of hydrogen-bond donors (Lipinski definition) is 1. The molecule has 0 saturated heterocycles. The first-order chi connectivity index (χ1) is 9.33. The van der Waals surface area contributed by atoms with Crippen LogP contribution in [0, 0.1) is 0 Å². The van der Waals surface area contributed by atoms with Crippen molar-refractivity contribution in [3.8, 4) is 17.3 Å². The van der Waals surface area contributed by atoms with E-state index < -0.39 is 0 Å². The maximum atomic E-state index is 5.53. The van der Waals surface area contributed by atoms with E-state index in [-0.39, 0.29) is 0 Å². The Balaban J connectivity index is 2.26. The normalized spacial score (nSPS) is 10.2. The Labute approximate surface area is 112 Å². The number of nitrogens with zero attached hydrogens (tertiary/aromatic N) is 2. The molecule has 0 fully saturated rings. The molecule has 19 heavy (non-hydrogen) atoms. The summed E-state index contributed by atoms with van der Waals surface area (Å²) in [4.78, 5) is 8.81. The van der Waals surface area contributed by atoms with Crippen LogP contribution in [0.2, 0.25) is 0 Å². The van der Waals surface area contributed by atoms with Crippen molar-refractivity contribution in [2.75, 3.05) is 32.7 Å². The van der Waals surface area contributed by atoms with Crippen molar-refractivity contribution >= 4 is 5.82 Å². The van der Waals surface area contributed by atoms with Gasteiger partial charge < -0.3 is 14.8 Å². The Hall–Kier alpha value is -2.14. The van der Waals surface area contributed by atoms with E-state index >= 15 is 0 Å². The summed E-state index contributed by atoms with van der Waals surface area (Å²) in [6.45, 7) is 0.991. The van der Waals surface area contributed by atoms with Gasteiger partial charge in [-0.15, -0.1) is 0 Å². The van der Waals surface area contributed by atoms with Crippen LogP contribution >= 0.6 is 0 Å². The van der Waals surface area contributed by atoms with E-state index in [1.54, 1.807) is 13.2 Å². The van der Waals surface area contributed by atoms with E-state index in [0.29, 0.717) is 24.9 Å². The maximum Gasteiger partial charge on any atom is 0.219 e. The lowest BCUT2D eigenvalue weighted by molar-refractivity contribution is 0.144. The summed E-state index contributed by atoms with van der Waals surface area (Å²) < 4.78 is 10.5. The minimum absolute atomic E-state index is 0.463. The van der Waals surface area contributed by atoms with Crippen LogP contribution in [0.4, 0.5) is 5.82 Å². The third-order valence-electron chi connectivity index (χ3n) is 2.53. The van der Waals surface area contributed by atoms with Gasteiger partial charge in [-0.05, 0) is 0 Å². The molecule has 1 aromatic carbocycles. The minimum Gasteiger partial charge on any atom is -0.475 e. The summed E-state index contributed by atoms with van der Waals surface area (Å²) in [5.74, 6) is 1.90. The predicted octanol–water partition coefficient (Wildman–Crippen LogP) is 2.21. The molecule has 1 aromatic heterocycles. The van der Waals surface area contributed by atoms with Gasteiger partial charge in [0.2, 0.25) is 5.88 Å². The summed E-state index contributed by atoms with van der Waals surface area (Å²) in [5.41, 5.74) is 0.955.